The van der Waals surface area contributed by atoms with Gasteiger partial charge in [0, 0.05) is 4.47 Å². The number of aromatic amines is 1. The fraction of sp³-hybridized carbons (Fsp3) is 0.150. The third kappa shape index (κ3) is 3.46. The summed E-state index contributed by atoms with van der Waals surface area (Å²) in [6, 6.07) is 13.0. The Bertz CT molecular complexity index is 1080. The monoisotopic (exact) mass is 414 g/mol. The van der Waals surface area contributed by atoms with E-state index in [2.05, 4.69) is 27.6 Å². The minimum atomic E-state index is -0.166. The van der Waals surface area contributed by atoms with E-state index in [9.17, 15) is 4.79 Å². The van der Waals surface area contributed by atoms with E-state index in [1.807, 2.05) is 49.4 Å². The van der Waals surface area contributed by atoms with Gasteiger partial charge in [-0.25, -0.2) is 4.68 Å². The topological polar surface area (TPSA) is 56.2 Å². The third-order valence-corrected chi connectivity index (χ3v) is 4.59. The first-order chi connectivity index (χ1) is 12.5. The predicted molar refractivity (Wildman–Crippen MR) is 107 cm³/mol. The number of ether oxygens (including phenoxy) is 2. The van der Waals surface area contributed by atoms with Gasteiger partial charge in [0.25, 0.3) is 5.56 Å². The van der Waals surface area contributed by atoms with Crippen LogP contribution in [0.25, 0.3) is 18.3 Å². The summed E-state index contributed by atoms with van der Waals surface area (Å²) >= 11 is 3.53. The quantitative estimate of drug-likeness (QED) is 0.697. The zero-order valence-electron chi connectivity index (χ0n) is 14.6. The molecule has 134 valence electrons. The lowest BCUT2D eigenvalue weighted by Gasteiger charge is -2.11. The van der Waals surface area contributed by atoms with Gasteiger partial charge in [0.15, 0.2) is 11.5 Å². The van der Waals surface area contributed by atoms with Gasteiger partial charge in [-0.05, 0) is 42.8 Å². The SMILES string of the molecule is C=c1[nH]n(-c2ccccc2)c(=O)/c1=C\c1cc(OC)c(OCC)cc1Br. The number of benzene rings is 2. The van der Waals surface area contributed by atoms with E-state index >= 15 is 0 Å². The van der Waals surface area contributed by atoms with Crippen molar-refractivity contribution < 1.29 is 9.47 Å². The average molecular weight is 415 g/mol. The number of para-hydroxylation sites is 1. The maximum absolute atomic E-state index is 12.8. The Morgan fingerprint density at radius 1 is 1.23 bits per heavy atom. The van der Waals surface area contributed by atoms with E-state index in [-0.39, 0.29) is 5.56 Å². The number of hydrogen-bond acceptors (Lipinski definition) is 3. The Labute approximate surface area is 159 Å². The van der Waals surface area contributed by atoms with Crippen molar-refractivity contribution in [3.63, 3.8) is 0 Å². The number of nitrogens with zero attached hydrogens (tertiary/aromatic N) is 1. The summed E-state index contributed by atoms with van der Waals surface area (Å²) in [4.78, 5) is 12.8. The van der Waals surface area contributed by atoms with Crippen molar-refractivity contribution in [2.75, 3.05) is 13.7 Å². The molecule has 0 spiro atoms. The first kappa shape index (κ1) is 18.1. The lowest BCUT2D eigenvalue weighted by molar-refractivity contribution is 0.310. The van der Waals surface area contributed by atoms with E-state index in [1.165, 1.54) is 4.68 Å². The number of hydrogen-bond donors (Lipinski definition) is 1. The summed E-state index contributed by atoms with van der Waals surface area (Å²) < 4.78 is 13.2. The van der Waals surface area contributed by atoms with Gasteiger partial charge in [-0.1, -0.05) is 40.7 Å². The first-order valence-electron chi connectivity index (χ1n) is 8.12. The average Bonchev–Trinajstić information content (AvgIpc) is 2.93. The summed E-state index contributed by atoms with van der Waals surface area (Å²) in [6.45, 7) is 6.41. The molecule has 0 saturated heterocycles. The highest BCUT2D eigenvalue weighted by molar-refractivity contribution is 9.10. The zero-order valence-corrected chi connectivity index (χ0v) is 16.2. The van der Waals surface area contributed by atoms with Crippen LogP contribution < -0.4 is 25.6 Å². The second-order valence-electron chi connectivity index (χ2n) is 5.58. The number of rotatable bonds is 5. The molecule has 2 aromatic carbocycles. The van der Waals surface area contributed by atoms with Crippen molar-refractivity contribution in [3.8, 4) is 17.2 Å². The van der Waals surface area contributed by atoms with Crippen LogP contribution in [0.2, 0.25) is 0 Å². The minimum Gasteiger partial charge on any atom is -0.493 e. The van der Waals surface area contributed by atoms with Crippen LogP contribution in [0.1, 0.15) is 12.5 Å². The van der Waals surface area contributed by atoms with Crippen molar-refractivity contribution in [1.82, 2.24) is 9.78 Å². The van der Waals surface area contributed by atoms with Gasteiger partial charge in [-0.15, -0.1) is 0 Å². The molecule has 5 nitrogen and oxygen atoms in total. The Hall–Kier alpha value is -2.73. The van der Waals surface area contributed by atoms with Crippen molar-refractivity contribution in [3.05, 3.63) is 73.4 Å². The molecule has 3 aromatic rings. The van der Waals surface area contributed by atoms with Gasteiger partial charge in [0.2, 0.25) is 0 Å². The molecule has 0 unspecified atom stereocenters. The summed E-state index contributed by atoms with van der Waals surface area (Å²) in [6.07, 6.45) is 1.78. The van der Waals surface area contributed by atoms with Gasteiger partial charge in [-0.2, -0.15) is 0 Å². The smallest absolute Gasteiger partial charge is 0.279 e. The Morgan fingerprint density at radius 2 is 1.96 bits per heavy atom. The van der Waals surface area contributed by atoms with Crippen molar-refractivity contribution >= 4 is 28.6 Å². The molecule has 0 saturated carbocycles. The molecule has 0 fully saturated rings. The van der Waals surface area contributed by atoms with E-state index in [0.717, 1.165) is 15.7 Å². The molecule has 1 aromatic heterocycles. The molecule has 0 aliphatic heterocycles. The maximum Gasteiger partial charge on any atom is 0.279 e. The number of nitrogens with one attached hydrogen (secondary N) is 1. The van der Waals surface area contributed by atoms with Gasteiger partial charge in [0.1, 0.15) is 0 Å². The molecular formula is C20H19BrN2O3. The molecule has 0 aliphatic rings. The third-order valence-electron chi connectivity index (χ3n) is 3.90. The Morgan fingerprint density at radius 3 is 2.62 bits per heavy atom. The molecule has 0 aliphatic carbocycles. The number of H-pyrrole nitrogens is 1. The van der Waals surface area contributed by atoms with Gasteiger partial charge < -0.3 is 9.47 Å². The van der Waals surface area contributed by atoms with Crippen LogP contribution in [0.15, 0.2) is 51.7 Å². The molecule has 0 radical (unpaired) electrons. The maximum atomic E-state index is 12.8. The van der Waals surface area contributed by atoms with Gasteiger partial charge >= 0.3 is 0 Å². The van der Waals surface area contributed by atoms with Crippen molar-refractivity contribution in [2.45, 2.75) is 6.92 Å². The molecule has 1 heterocycles. The summed E-state index contributed by atoms with van der Waals surface area (Å²) in [5, 5.41) is 4.05. The van der Waals surface area contributed by atoms with Crippen LogP contribution in [-0.4, -0.2) is 23.5 Å². The van der Waals surface area contributed by atoms with Crippen LogP contribution in [-0.2, 0) is 0 Å². The Balaban J connectivity index is 2.16. The summed E-state index contributed by atoms with van der Waals surface area (Å²) in [5.41, 5.74) is 1.39. The lowest BCUT2D eigenvalue weighted by Crippen LogP contribution is -2.34. The molecule has 26 heavy (non-hydrogen) atoms. The van der Waals surface area contributed by atoms with Crippen LogP contribution in [0.3, 0.4) is 0 Å². The molecule has 6 heteroatoms. The fourth-order valence-corrected chi connectivity index (χ4v) is 3.08. The fourth-order valence-electron chi connectivity index (χ4n) is 2.65. The number of aromatic nitrogens is 2. The lowest BCUT2D eigenvalue weighted by atomic mass is 10.1. The van der Waals surface area contributed by atoms with Crippen LogP contribution >= 0.6 is 15.9 Å². The highest BCUT2D eigenvalue weighted by atomic mass is 79.9. The molecule has 0 bridgehead atoms. The van der Waals surface area contributed by atoms with Crippen LogP contribution in [0.5, 0.6) is 11.5 Å². The number of halogens is 1. The molecular weight excluding hydrogens is 396 g/mol. The second kappa shape index (κ2) is 7.66. The summed E-state index contributed by atoms with van der Waals surface area (Å²) in [5.74, 6) is 1.25. The molecule has 3 rings (SSSR count). The van der Waals surface area contributed by atoms with E-state index in [1.54, 1.807) is 13.2 Å². The van der Waals surface area contributed by atoms with E-state index < -0.39 is 0 Å². The number of methoxy groups -OCH3 is 1. The van der Waals surface area contributed by atoms with E-state index in [0.29, 0.717) is 28.7 Å². The molecule has 0 atom stereocenters. The zero-order chi connectivity index (χ0) is 18.7. The second-order valence-corrected chi connectivity index (χ2v) is 6.44. The highest BCUT2D eigenvalue weighted by Gasteiger charge is 2.10. The van der Waals surface area contributed by atoms with Crippen LogP contribution in [0.4, 0.5) is 0 Å². The Kier molecular flexibility index (Phi) is 5.32. The molecule has 0 amide bonds. The van der Waals surface area contributed by atoms with Crippen LogP contribution in [0, 0.1) is 0 Å². The first-order valence-corrected chi connectivity index (χ1v) is 8.92. The van der Waals surface area contributed by atoms with Crippen molar-refractivity contribution in [2.24, 2.45) is 0 Å². The normalized spacial score (nSPS) is 11.6. The van der Waals surface area contributed by atoms with E-state index in [4.69, 9.17) is 9.47 Å². The minimum absolute atomic E-state index is 0.166. The standard InChI is InChI=1S/C20H19BrN2O3/c1-4-26-19-12-17(21)14(11-18(19)25-3)10-16-13(2)22-23(20(16)24)15-8-6-5-7-9-15/h5-12,22H,2,4H2,1,3H3/b16-10-. The largest absolute Gasteiger partial charge is 0.493 e. The highest BCUT2D eigenvalue weighted by Crippen LogP contribution is 2.33. The van der Waals surface area contributed by atoms with Gasteiger partial charge in [-0.3, -0.25) is 9.89 Å². The van der Waals surface area contributed by atoms with Gasteiger partial charge in [0.05, 0.1) is 30.0 Å². The van der Waals surface area contributed by atoms with Crippen molar-refractivity contribution in [1.29, 1.82) is 0 Å². The molecule has 1 N–H and O–H groups in total. The predicted octanol–water partition coefficient (Wildman–Crippen LogP) is 2.57. The summed E-state index contributed by atoms with van der Waals surface area (Å²) in [7, 11) is 1.58.